The minimum absolute atomic E-state index is 0.0133. The number of aliphatic hydroxyl groups excluding tert-OH is 1. The predicted molar refractivity (Wildman–Crippen MR) is 159 cm³/mol. The van der Waals surface area contributed by atoms with Gasteiger partial charge in [-0.3, -0.25) is 14.4 Å². The van der Waals surface area contributed by atoms with Crippen molar-refractivity contribution in [3.05, 3.63) is 61.2 Å². The molecule has 0 radical (unpaired) electrons. The molecule has 3 amide bonds. The van der Waals surface area contributed by atoms with Gasteiger partial charge in [0, 0.05) is 49.4 Å². The van der Waals surface area contributed by atoms with Crippen LogP contribution in [0, 0.1) is 11.8 Å². The van der Waals surface area contributed by atoms with Crippen molar-refractivity contribution in [1.82, 2.24) is 14.7 Å². The zero-order valence-electron chi connectivity index (χ0n) is 22.7. The third-order valence-corrected chi connectivity index (χ3v) is 11.4. The van der Waals surface area contributed by atoms with Crippen LogP contribution >= 0.6 is 27.7 Å². The molecular weight excluding hydrogens is 578 g/mol. The minimum Gasteiger partial charge on any atom is -0.396 e. The monoisotopic (exact) mass is 617 g/mol. The van der Waals surface area contributed by atoms with Gasteiger partial charge in [0.1, 0.15) is 6.04 Å². The molecule has 3 saturated heterocycles. The number of halogens is 1. The summed E-state index contributed by atoms with van der Waals surface area (Å²) in [7, 11) is 0. The number of alkyl halides is 1. The SMILES string of the molecule is C=CCN(CCCC)C(=O)C1N(CCCO)C(=O)[C@@H]2[C@H](C(=O)N(CC=C)Cc3ccccc3)[C@H]3SC12CC3Br. The topological polar surface area (TPSA) is 81.2 Å². The van der Waals surface area contributed by atoms with Gasteiger partial charge in [-0.1, -0.05) is 71.8 Å². The number of benzene rings is 1. The van der Waals surface area contributed by atoms with Crippen LogP contribution in [0.5, 0.6) is 0 Å². The van der Waals surface area contributed by atoms with Crippen molar-refractivity contribution in [3.63, 3.8) is 0 Å². The number of fused-ring (bicyclic) bond motifs is 1. The normalized spacial score (nSPS) is 28.8. The molecule has 1 aromatic carbocycles. The van der Waals surface area contributed by atoms with Gasteiger partial charge in [0.15, 0.2) is 0 Å². The Bertz CT molecular complexity index is 1070. The molecule has 2 bridgehead atoms. The van der Waals surface area contributed by atoms with E-state index in [1.165, 1.54) is 0 Å². The number of thioether (sulfide) groups is 1. The number of unbranched alkanes of at least 4 members (excludes halogenated alkanes) is 1. The molecule has 3 heterocycles. The molecule has 212 valence electrons. The first kappa shape index (κ1) is 29.9. The van der Waals surface area contributed by atoms with E-state index in [0.717, 1.165) is 18.4 Å². The zero-order chi connectivity index (χ0) is 28.2. The molecule has 3 aliphatic heterocycles. The van der Waals surface area contributed by atoms with Gasteiger partial charge in [-0.05, 0) is 24.8 Å². The summed E-state index contributed by atoms with van der Waals surface area (Å²) in [5.41, 5.74) is 1.01. The van der Waals surface area contributed by atoms with Crippen LogP contribution in [0.2, 0.25) is 0 Å². The molecule has 3 unspecified atom stereocenters. The number of aliphatic hydroxyl groups is 1. The second-order valence-corrected chi connectivity index (χ2v) is 13.4. The van der Waals surface area contributed by atoms with Crippen molar-refractivity contribution < 1.29 is 19.5 Å². The maximum absolute atomic E-state index is 14.3. The van der Waals surface area contributed by atoms with E-state index >= 15 is 0 Å². The van der Waals surface area contributed by atoms with Crippen LogP contribution in [-0.2, 0) is 20.9 Å². The third-order valence-electron chi connectivity index (χ3n) is 8.19. The molecule has 6 atom stereocenters. The molecular formula is C30H40BrN3O4S. The number of amides is 3. The third kappa shape index (κ3) is 5.59. The predicted octanol–water partition coefficient (Wildman–Crippen LogP) is 3.86. The molecule has 7 nitrogen and oxygen atoms in total. The summed E-state index contributed by atoms with van der Waals surface area (Å²) in [5, 5.41) is 9.50. The van der Waals surface area contributed by atoms with Crippen LogP contribution in [0.4, 0.5) is 0 Å². The van der Waals surface area contributed by atoms with Crippen molar-refractivity contribution in [1.29, 1.82) is 0 Å². The number of hydrogen-bond donors (Lipinski definition) is 1. The van der Waals surface area contributed by atoms with Crippen molar-refractivity contribution in [3.8, 4) is 0 Å². The van der Waals surface area contributed by atoms with Crippen molar-refractivity contribution in [2.75, 3.05) is 32.8 Å². The summed E-state index contributed by atoms with van der Waals surface area (Å²) < 4.78 is -0.693. The van der Waals surface area contributed by atoms with E-state index in [1.807, 2.05) is 35.2 Å². The van der Waals surface area contributed by atoms with Gasteiger partial charge in [0.05, 0.1) is 16.6 Å². The van der Waals surface area contributed by atoms with E-state index in [9.17, 15) is 19.5 Å². The van der Waals surface area contributed by atoms with E-state index in [2.05, 4.69) is 36.0 Å². The Morgan fingerprint density at radius 3 is 2.49 bits per heavy atom. The fourth-order valence-electron chi connectivity index (χ4n) is 6.54. The number of carbonyl (C=O) groups is 3. The first-order valence-corrected chi connectivity index (χ1v) is 15.7. The molecule has 1 aromatic rings. The molecule has 0 aromatic heterocycles. The van der Waals surface area contributed by atoms with Gasteiger partial charge in [-0.25, -0.2) is 0 Å². The molecule has 3 aliphatic rings. The summed E-state index contributed by atoms with van der Waals surface area (Å²) in [6, 6.07) is 9.15. The Balaban J connectivity index is 1.71. The van der Waals surface area contributed by atoms with Gasteiger partial charge < -0.3 is 19.8 Å². The zero-order valence-corrected chi connectivity index (χ0v) is 25.1. The standard InChI is InChI=1S/C30H40BrN3O4S/c1-4-7-16-32(14-5-2)29(38)26-30-19-22(31)25(39-30)23(24(30)28(37)34(26)17-11-18-35)27(36)33(15-6-3)20-21-12-9-8-10-13-21/h5-6,8-10,12-13,22-26,35H,2-4,7,11,14-20H2,1H3/t22?,23-,24-,25-,26?,30?/m0/s1. The largest absolute Gasteiger partial charge is 0.396 e. The summed E-state index contributed by atoms with van der Waals surface area (Å²) >= 11 is 5.50. The van der Waals surface area contributed by atoms with Crippen molar-refractivity contribution in [2.24, 2.45) is 11.8 Å². The highest BCUT2D eigenvalue weighted by molar-refractivity contribution is 9.09. The van der Waals surface area contributed by atoms with Gasteiger partial charge in [-0.15, -0.1) is 24.9 Å². The summed E-state index contributed by atoms with van der Waals surface area (Å²) in [4.78, 5) is 48.0. The highest BCUT2D eigenvalue weighted by Gasteiger charge is 2.75. The summed E-state index contributed by atoms with van der Waals surface area (Å²) in [6.07, 6.45) is 6.29. The van der Waals surface area contributed by atoms with Crippen LogP contribution in [0.25, 0.3) is 0 Å². The average molecular weight is 619 g/mol. The molecule has 0 aliphatic carbocycles. The number of likely N-dealkylation sites (tertiary alicyclic amines) is 1. The lowest BCUT2D eigenvalue weighted by atomic mass is 9.70. The summed E-state index contributed by atoms with van der Waals surface area (Å²) in [6.45, 7) is 11.8. The minimum atomic E-state index is -0.693. The lowest BCUT2D eigenvalue weighted by Gasteiger charge is -2.38. The van der Waals surface area contributed by atoms with E-state index in [-0.39, 0.29) is 34.4 Å². The molecule has 1 N–H and O–H groups in total. The fraction of sp³-hybridized carbons (Fsp3) is 0.567. The summed E-state index contributed by atoms with van der Waals surface area (Å²) in [5.74, 6) is -1.40. The lowest BCUT2D eigenvalue weighted by molar-refractivity contribution is -0.145. The highest BCUT2D eigenvalue weighted by Crippen LogP contribution is 2.68. The number of nitrogens with zero attached hydrogens (tertiary/aromatic N) is 3. The second-order valence-electron chi connectivity index (χ2n) is 10.7. The fourth-order valence-corrected chi connectivity index (χ4v) is 10.1. The number of rotatable bonds is 14. The van der Waals surface area contributed by atoms with E-state index in [0.29, 0.717) is 45.6 Å². The molecule has 0 saturated carbocycles. The average Bonchev–Trinajstić information content (AvgIpc) is 3.52. The maximum Gasteiger partial charge on any atom is 0.247 e. The van der Waals surface area contributed by atoms with Crippen LogP contribution in [-0.4, -0.2) is 91.2 Å². The Hall–Kier alpha value is -2.10. The quantitative estimate of drug-likeness (QED) is 0.253. The Morgan fingerprint density at radius 2 is 1.85 bits per heavy atom. The number of hydrogen-bond acceptors (Lipinski definition) is 5. The van der Waals surface area contributed by atoms with Gasteiger partial charge in [-0.2, -0.15) is 0 Å². The smallest absolute Gasteiger partial charge is 0.247 e. The van der Waals surface area contributed by atoms with E-state index in [1.54, 1.807) is 33.7 Å². The Kier molecular flexibility index (Phi) is 9.99. The number of carbonyl (C=O) groups excluding carboxylic acids is 3. The van der Waals surface area contributed by atoms with Crippen LogP contribution < -0.4 is 0 Å². The molecule has 1 spiro atoms. The van der Waals surface area contributed by atoms with Crippen LogP contribution in [0.15, 0.2) is 55.6 Å². The first-order chi connectivity index (χ1) is 18.8. The highest BCUT2D eigenvalue weighted by atomic mass is 79.9. The van der Waals surface area contributed by atoms with Crippen molar-refractivity contribution >= 4 is 45.4 Å². The molecule has 4 rings (SSSR count). The van der Waals surface area contributed by atoms with Gasteiger partial charge in [0.2, 0.25) is 17.7 Å². The lowest BCUT2D eigenvalue weighted by Crippen LogP contribution is -2.56. The van der Waals surface area contributed by atoms with Gasteiger partial charge in [0.25, 0.3) is 0 Å². The maximum atomic E-state index is 14.3. The van der Waals surface area contributed by atoms with Crippen LogP contribution in [0.3, 0.4) is 0 Å². The van der Waals surface area contributed by atoms with Crippen LogP contribution in [0.1, 0.15) is 38.2 Å². The molecule has 3 fully saturated rings. The Labute approximate surface area is 244 Å². The van der Waals surface area contributed by atoms with E-state index in [4.69, 9.17) is 0 Å². The van der Waals surface area contributed by atoms with Crippen molar-refractivity contribution in [2.45, 2.75) is 60.0 Å². The van der Waals surface area contributed by atoms with E-state index < -0.39 is 22.6 Å². The molecule has 9 heteroatoms. The first-order valence-electron chi connectivity index (χ1n) is 13.9. The molecule has 39 heavy (non-hydrogen) atoms. The van der Waals surface area contributed by atoms with Gasteiger partial charge >= 0.3 is 0 Å². The Morgan fingerprint density at radius 1 is 1.15 bits per heavy atom. The second kappa shape index (κ2) is 13.0.